The molecule has 24 heavy (non-hydrogen) atoms. The molecule has 0 aliphatic carbocycles. The molecule has 8 nitrogen and oxygen atoms in total. The predicted octanol–water partition coefficient (Wildman–Crippen LogP) is -0.533. The molecule has 1 aromatic rings. The SMILES string of the molecule is CSc1cc(OCCOCCOCC(N=[N+]=[N-])C(=O)S)ccn1.[H-].[Na+]. The van der Waals surface area contributed by atoms with Crippen LogP contribution in [0.5, 0.6) is 5.75 Å². The molecule has 11 heteroatoms. The van der Waals surface area contributed by atoms with Crippen LogP contribution in [-0.4, -0.2) is 55.4 Å². The van der Waals surface area contributed by atoms with E-state index in [9.17, 15) is 4.79 Å². The van der Waals surface area contributed by atoms with Gasteiger partial charge < -0.3 is 15.6 Å². The van der Waals surface area contributed by atoms with E-state index in [1.54, 1.807) is 24.0 Å². The molecule has 0 amide bonds. The summed E-state index contributed by atoms with van der Waals surface area (Å²) < 4.78 is 16.1. The minimum atomic E-state index is -0.913. The fraction of sp³-hybridized carbons (Fsp3) is 0.538. The van der Waals surface area contributed by atoms with Crippen molar-refractivity contribution >= 4 is 29.5 Å². The summed E-state index contributed by atoms with van der Waals surface area (Å²) in [7, 11) is 0. The van der Waals surface area contributed by atoms with Crippen molar-refractivity contribution in [1.29, 1.82) is 0 Å². The predicted molar refractivity (Wildman–Crippen MR) is 91.2 cm³/mol. The average molecular weight is 382 g/mol. The van der Waals surface area contributed by atoms with Gasteiger partial charge in [0.25, 0.3) is 0 Å². The summed E-state index contributed by atoms with van der Waals surface area (Å²) >= 11 is 5.15. The zero-order valence-electron chi connectivity index (χ0n) is 14.6. The van der Waals surface area contributed by atoms with Crippen LogP contribution in [0.15, 0.2) is 28.5 Å². The zero-order valence-corrected chi connectivity index (χ0v) is 17.3. The van der Waals surface area contributed by atoms with E-state index in [4.69, 9.17) is 19.7 Å². The molecule has 1 aromatic heterocycles. The average Bonchev–Trinajstić information content (AvgIpc) is 2.56. The number of rotatable bonds is 12. The molecular formula is C13H19N4NaO4S2. The second-order valence-corrected chi connectivity index (χ2v) is 5.40. The van der Waals surface area contributed by atoms with Gasteiger partial charge in [-0.3, -0.25) is 4.79 Å². The van der Waals surface area contributed by atoms with Gasteiger partial charge in [0.1, 0.15) is 18.4 Å². The normalized spacial score (nSPS) is 11.1. The Balaban J connectivity index is 0. The van der Waals surface area contributed by atoms with Crippen molar-refractivity contribution in [1.82, 2.24) is 4.98 Å². The van der Waals surface area contributed by atoms with Crippen LogP contribution < -0.4 is 34.3 Å². The number of hydrogen-bond acceptors (Lipinski definition) is 7. The van der Waals surface area contributed by atoms with Crippen LogP contribution in [0, 0.1) is 0 Å². The van der Waals surface area contributed by atoms with E-state index in [2.05, 4.69) is 27.6 Å². The van der Waals surface area contributed by atoms with Gasteiger partial charge in [0.15, 0.2) is 5.12 Å². The van der Waals surface area contributed by atoms with Gasteiger partial charge in [-0.1, -0.05) is 5.11 Å². The summed E-state index contributed by atoms with van der Waals surface area (Å²) in [5.74, 6) is 0.744. The molecule has 0 aliphatic rings. The van der Waals surface area contributed by atoms with Crippen LogP contribution in [0.3, 0.4) is 0 Å². The first-order chi connectivity index (χ1) is 11.2. The number of carbonyl (C=O) groups excluding carboxylic acids is 1. The Morgan fingerprint density at radius 2 is 2.17 bits per heavy atom. The Labute approximate surface area is 173 Å². The molecule has 1 heterocycles. The van der Waals surface area contributed by atoms with E-state index in [0.29, 0.717) is 19.8 Å². The third kappa shape index (κ3) is 10.4. The molecule has 0 saturated carbocycles. The summed E-state index contributed by atoms with van der Waals surface area (Å²) in [6.45, 7) is 1.44. The Morgan fingerprint density at radius 1 is 1.46 bits per heavy atom. The van der Waals surface area contributed by atoms with Crippen LogP contribution in [0.25, 0.3) is 10.4 Å². The van der Waals surface area contributed by atoms with E-state index in [-0.39, 0.29) is 44.2 Å². The smallest absolute Gasteiger partial charge is 1.00 e. The Kier molecular flexibility index (Phi) is 14.6. The quantitative estimate of drug-likeness (QED) is 0.0990. The summed E-state index contributed by atoms with van der Waals surface area (Å²) in [5.41, 5.74) is 8.29. The maximum absolute atomic E-state index is 11.0. The molecular weight excluding hydrogens is 363 g/mol. The van der Waals surface area contributed by atoms with Crippen LogP contribution in [-0.2, 0) is 14.3 Å². The number of nitrogens with zero attached hydrogens (tertiary/aromatic N) is 4. The number of aromatic nitrogens is 1. The molecule has 1 atom stereocenters. The Hall–Kier alpha value is -0.450. The van der Waals surface area contributed by atoms with Gasteiger partial charge in [0.2, 0.25) is 0 Å². The standard InChI is InChI=1S/C13H18N4O4S2.Na.H/c1-23-12-8-10(2-3-15-12)21-7-6-19-4-5-20-9-11(13(18)22)16-17-14;;/h2-3,8,11H,4-7,9H2,1H3,(H,18,22);;/q;+1;-1. The molecule has 0 saturated heterocycles. The number of carbonyl (C=O) groups is 1. The van der Waals surface area contributed by atoms with Gasteiger partial charge in [-0.15, -0.1) is 24.4 Å². The monoisotopic (exact) mass is 382 g/mol. The fourth-order valence-corrected chi connectivity index (χ4v) is 1.97. The topological polar surface area (TPSA) is 106 Å². The van der Waals surface area contributed by atoms with Crippen LogP contribution >= 0.6 is 24.4 Å². The number of thiol groups is 1. The van der Waals surface area contributed by atoms with Gasteiger partial charge in [0.05, 0.1) is 31.5 Å². The van der Waals surface area contributed by atoms with Gasteiger partial charge in [-0.05, 0) is 17.9 Å². The van der Waals surface area contributed by atoms with Crippen molar-refractivity contribution in [3.8, 4) is 5.75 Å². The van der Waals surface area contributed by atoms with Crippen molar-refractivity contribution < 1.29 is 50.0 Å². The number of azide groups is 1. The number of thioether (sulfide) groups is 1. The Bertz CT molecular complexity index is 551. The van der Waals surface area contributed by atoms with Crippen molar-refractivity contribution in [2.75, 3.05) is 39.3 Å². The fourth-order valence-electron chi connectivity index (χ4n) is 1.44. The van der Waals surface area contributed by atoms with Crippen molar-refractivity contribution in [2.45, 2.75) is 11.1 Å². The minimum Gasteiger partial charge on any atom is -1.00 e. The van der Waals surface area contributed by atoms with Crippen LogP contribution in [0.2, 0.25) is 0 Å². The first kappa shape index (κ1) is 23.5. The van der Waals surface area contributed by atoms with E-state index >= 15 is 0 Å². The first-order valence-electron chi connectivity index (χ1n) is 6.72. The van der Waals surface area contributed by atoms with Crippen molar-refractivity contribution in [2.24, 2.45) is 5.11 Å². The van der Waals surface area contributed by atoms with Gasteiger partial charge in [0, 0.05) is 17.2 Å². The number of pyridine rings is 1. The van der Waals surface area contributed by atoms with Crippen molar-refractivity contribution in [3.05, 3.63) is 28.8 Å². The summed E-state index contributed by atoms with van der Waals surface area (Å²) in [4.78, 5) is 17.7. The third-order valence-electron chi connectivity index (χ3n) is 2.54. The van der Waals surface area contributed by atoms with Gasteiger partial charge in [-0.25, -0.2) is 4.98 Å². The maximum atomic E-state index is 11.0. The maximum Gasteiger partial charge on any atom is 1.00 e. The second kappa shape index (κ2) is 14.9. The molecule has 1 unspecified atom stereocenters. The molecule has 0 N–H and O–H groups in total. The minimum absolute atomic E-state index is 0. The number of hydrogen-bond donors (Lipinski definition) is 1. The summed E-state index contributed by atoms with van der Waals surface area (Å²) in [5, 5.41) is 3.65. The number of ether oxygens (including phenoxy) is 3. The van der Waals surface area contributed by atoms with E-state index < -0.39 is 11.2 Å². The van der Waals surface area contributed by atoms with E-state index in [1.807, 2.05) is 12.3 Å². The summed E-state index contributed by atoms with van der Waals surface area (Å²) in [6.07, 6.45) is 3.64. The molecule has 0 aliphatic heterocycles. The van der Waals surface area contributed by atoms with Crippen LogP contribution in [0.4, 0.5) is 0 Å². The van der Waals surface area contributed by atoms with E-state index in [1.165, 1.54) is 0 Å². The molecule has 128 valence electrons. The summed E-state index contributed by atoms with van der Waals surface area (Å²) in [6, 6.07) is 2.73. The molecule has 0 fully saturated rings. The Morgan fingerprint density at radius 3 is 2.83 bits per heavy atom. The van der Waals surface area contributed by atoms with E-state index in [0.717, 1.165) is 10.8 Å². The molecule has 0 aromatic carbocycles. The third-order valence-corrected chi connectivity index (χ3v) is 3.48. The van der Waals surface area contributed by atoms with Crippen LogP contribution in [0.1, 0.15) is 1.43 Å². The van der Waals surface area contributed by atoms with Gasteiger partial charge in [-0.2, -0.15) is 0 Å². The second-order valence-electron chi connectivity index (χ2n) is 4.13. The first-order valence-corrected chi connectivity index (χ1v) is 8.40. The molecule has 0 radical (unpaired) electrons. The van der Waals surface area contributed by atoms with Gasteiger partial charge >= 0.3 is 29.6 Å². The molecule has 0 spiro atoms. The molecule has 0 bridgehead atoms. The molecule has 1 rings (SSSR count). The largest absolute Gasteiger partial charge is 1.00 e. The van der Waals surface area contributed by atoms with Crippen molar-refractivity contribution in [3.63, 3.8) is 0 Å². The zero-order chi connectivity index (χ0) is 16.9.